The summed E-state index contributed by atoms with van der Waals surface area (Å²) in [5.74, 6) is 1.77. The van der Waals surface area contributed by atoms with E-state index in [1.165, 1.54) is 0 Å². The van der Waals surface area contributed by atoms with Crippen LogP contribution in [-0.4, -0.2) is 16.5 Å². The Morgan fingerprint density at radius 2 is 2.00 bits per heavy atom. The highest BCUT2D eigenvalue weighted by atomic mass is 79.9. The Hall–Kier alpha value is -0.640. The summed E-state index contributed by atoms with van der Waals surface area (Å²) in [6.45, 7) is 9.71. The van der Waals surface area contributed by atoms with Crippen LogP contribution in [0, 0.1) is 5.41 Å². The molecule has 3 nitrogen and oxygen atoms in total. The molecular weight excluding hydrogens is 266 g/mol. The molecule has 0 amide bonds. The Kier molecular flexibility index (Phi) is 4.71. The summed E-state index contributed by atoms with van der Waals surface area (Å²) in [6, 6.07) is 1.92. The highest BCUT2D eigenvalue weighted by molar-refractivity contribution is 9.10. The normalized spacial score (nSPS) is 11.6. The van der Waals surface area contributed by atoms with Gasteiger partial charge in [0.25, 0.3) is 0 Å². The molecule has 0 saturated carbocycles. The molecule has 16 heavy (non-hydrogen) atoms. The van der Waals surface area contributed by atoms with Crippen LogP contribution in [0.15, 0.2) is 10.7 Å². The fourth-order valence-electron chi connectivity index (χ4n) is 1.28. The molecule has 1 rings (SSSR count). The van der Waals surface area contributed by atoms with Gasteiger partial charge in [-0.25, -0.2) is 9.97 Å². The van der Waals surface area contributed by atoms with E-state index in [0.717, 1.165) is 35.6 Å². The zero-order valence-corrected chi connectivity index (χ0v) is 12.1. The maximum atomic E-state index is 4.42. The van der Waals surface area contributed by atoms with Crippen LogP contribution in [0.3, 0.4) is 0 Å². The number of nitrogens with zero attached hydrogens (tertiary/aromatic N) is 2. The quantitative estimate of drug-likeness (QED) is 0.858. The first kappa shape index (κ1) is 13.4. The minimum Gasteiger partial charge on any atom is -0.370 e. The molecule has 1 N–H and O–H groups in total. The van der Waals surface area contributed by atoms with Crippen LogP contribution in [0.2, 0.25) is 0 Å². The average Bonchev–Trinajstić information content (AvgIpc) is 2.14. The second kappa shape index (κ2) is 5.62. The molecule has 1 aromatic heterocycles. The van der Waals surface area contributed by atoms with Gasteiger partial charge in [0.1, 0.15) is 16.2 Å². The Balaban J connectivity index is 2.57. The van der Waals surface area contributed by atoms with Gasteiger partial charge in [-0.2, -0.15) is 0 Å². The number of hydrogen-bond acceptors (Lipinski definition) is 3. The van der Waals surface area contributed by atoms with E-state index in [4.69, 9.17) is 0 Å². The molecule has 0 aliphatic rings. The summed E-state index contributed by atoms with van der Waals surface area (Å²) in [5, 5.41) is 3.34. The van der Waals surface area contributed by atoms with Gasteiger partial charge in [0.05, 0.1) is 0 Å². The predicted molar refractivity (Wildman–Crippen MR) is 71.7 cm³/mol. The minimum absolute atomic E-state index is 0.352. The van der Waals surface area contributed by atoms with Gasteiger partial charge >= 0.3 is 0 Å². The Morgan fingerprint density at radius 1 is 1.31 bits per heavy atom. The van der Waals surface area contributed by atoms with Crippen molar-refractivity contribution in [1.82, 2.24) is 9.97 Å². The lowest BCUT2D eigenvalue weighted by Gasteiger charge is -2.18. The molecule has 4 heteroatoms. The van der Waals surface area contributed by atoms with E-state index in [-0.39, 0.29) is 0 Å². The van der Waals surface area contributed by atoms with Gasteiger partial charge in [0.2, 0.25) is 0 Å². The number of rotatable bonds is 4. The van der Waals surface area contributed by atoms with Crippen LogP contribution >= 0.6 is 15.9 Å². The van der Waals surface area contributed by atoms with Crippen molar-refractivity contribution in [2.75, 3.05) is 11.9 Å². The molecule has 0 spiro atoms. The summed E-state index contributed by atoms with van der Waals surface area (Å²) >= 11 is 3.39. The van der Waals surface area contributed by atoms with Crippen molar-refractivity contribution in [3.05, 3.63) is 16.5 Å². The minimum atomic E-state index is 0.352. The third-order valence-electron chi connectivity index (χ3n) is 2.24. The van der Waals surface area contributed by atoms with Gasteiger partial charge in [-0.05, 0) is 27.8 Å². The number of hydrogen-bond donors (Lipinski definition) is 1. The smallest absolute Gasteiger partial charge is 0.131 e. The molecule has 0 aromatic carbocycles. The molecule has 1 aromatic rings. The van der Waals surface area contributed by atoms with Crippen molar-refractivity contribution >= 4 is 21.7 Å². The predicted octanol–water partition coefficient (Wildman–Crippen LogP) is 3.65. The fourth-order valence-corrected chi connectivity index (χ4v) is 1.70. The molecule has 0 unspecified atom stereocenters. The molecule has 0 radical (unpaired) electrons. The SMILES string of the molecule is CCc1nc(Br)cc(NCCC(C)(C)C)n1. The van der Waals surface area contributed by atoms with Gasteiger partial charge in [-0.3, -0.25) is 0 Å². The van der Waals surface area contributed by atoms with Gasteiger partial charge in [0, 0.05) is 19.0 Å². The van der Waals surface area contributed by atoms with Crippen LogP contribution < -0.4 is 5.32 Å². The highest BCUT2D eigenvalue weighted by Crippen LogP contribution is 2.19. The van der Waals surface area contributed by atoms with E-state index in [2.05, 4.69) is 58.9 Å². The van der Waals surface area contributed by atoms with Gasteiger partial charge in [-0.15, -0.1) is 0 Å². The topological polar surface area (TPSA) is 37.8 Å². The number of halogens is 1. The number of anilines is 1. The lowest BCUT2D eigenvalue weighted by molar-refractivity contribution is 0.389. The summed E-state index contributed by atoms with van der Waals surface area (Å²) in [4.78, 5) is 8.69. The molecule has 90 valence electrons. The number of nitrogens with one attached hydrogen (secondary N) is 1. The Labute approximate surface area is 106 Å². The largest absolute Gasteiger partial charge is 0.370 e. The number of aromatic nitrogens is 2. The van der Waals surface area contributed by atoms with E-state index < -0.39 is 0 Å². The molecule has 0 aliphatic heterocycles. The van der Waals surface area contributed by atoms with Gasteiger partial charge in [0.15, 0.2) is 0 Å². The highest BCUT2D eigenvalue weighted by Gasteiger charge is 2.09. The molecule has 0 atom stereocenters. The first-order chi connectivity index (χ1) is 7.40. The van der Waals surface area contributed by atoms with Crippen molar-refractivity contribution in [3.63, 3.8) is 0 Å². The van der Waals surface area contributed by atoms with Gasteiger partial charge < -0.3 is 5.32 Å². The lowest BCUT2D eigenvalue weighted by Crippen LogP contribution is -2.14. The molecular formula is C12H20BrN3. The lowest BCUT2D eigenvalue weighted by atomic mass is 9.92. The summed E-state index contributed by atoms with van der Waals surface area (Å²) in [5.41, 5.74) is 0.352. The molecule has 0 fully saturated rings. The maximum absolute atomic E-state index is 4.42. The Morgan fingerprint density at radius 3 is 2.56 bits per heavy atom. The van der Waals surface area contributed by atoms with Crippen LogP contribution in [0.4, 0.5) is 5.82 Å². The zero-order valence-electron chi connectivity index (χ0n) is 10.5. The average molecular weight is 286 g/mol. The van der Waals surface area contributed by atoms with E-state index in [9.17, 15) is 0 Å². The van der Waals surface area contributed by atoms with Crippen LogP contribution in [0.1, 0.15) is 39.9 Å². The first-order valence-corrected chi connectivity index (χ1v) is 6.47. The third-order valence-corrected chi connectivity index (χ3v) is 2.64. The third kappa shape index (κ3) is 4.92. The van der Waals surface area contributed by atoms with E-state index in [1.807, 2.05) is 6.07 Å². The first-order valence-electron chi connectivity index (χ1n) is 5.68. The van der Waals surface area contributed by atoms with E-state index in [0.29, 0.717) is 5.41 Å². The molecule has 0 bridgehead atoms. The van der Waals surface area contributed by atoms with E-state index in [1.54, 1.807) is 0 Å². The summed E-state index contributed by atoms with van der Waals surface area (Å²) < 4.78 is 0.845. The maximum Gasteiger partial charge on any atom is 0.131 e. The van der Waals surface area contributed by atoms with Gasteiger partial charge in [-0.1, -0.05) is 27.7 Å². The van der Waals surface area contributed by atoms with Crippen molar-refractivity contribution in [2.45, 2.75) is 40.5 Å². The van der Waals surface area contributed by atoms with Crippen LogP contribution in [-0.2, 0) is 6.42 Å². The van der Waals surface area contributed by atoms with Crippen molar-refractivity contribution in [3.8, 4) is 0 Å². The summed E-state index contributed by atoms with van der Waals surface area (Å²) in [6.07, 6.45) is 1.98. The Bertz CT molecular complexity index is 345. The molecule has 0 saturated heterocycles. The zero-order chi connectivity index (χ0) is 12.2. The molecule has 1 heterocycles. The van der Waals surface area contributed by atoms with Crippen LogP contribution in [0.25, 0.3) is 0 Å². The van der Waals surface area contributed by atoms with Crippen molar-refractivity contribution in [2.24, 2.45) is 5.41 Å². The summed E-state index contributed by atoms with van der Waals surface area (Å²) in [7, 11) is 0. The fraction of sp³-hybridized carbons (Fsp3) is 0.667. The van der Waals surface area contributed by atoms with Crippen LogP contribution in [0.5, 0.6) is 0 Å². The van der Waals surface area contributed by atoms with Crippen molar-refractivity contribution < 1.29 is 0 Å². The monoisotopic (exact) mass is 285 g/mol. The second-order valence-electron chi connectivity index (χ2n) is 5.08. The number of aryl methyl sites for hydroxylation is 1. The molecule has 0 aliphatic carbocycles. The standard InChI is InChI=1S/C12H20BrN3/c1-5-10-15-9(13)8-11(16-10)14-7-6-12(2,3)4/h8H,5-7H2,1-4H3,(H,14,15,16). The van der Waals surface area contributed by atoms with Crippen molar-refractivity contribution in [1.29, 1.82) is 0 Å². The second-order valence-corrected chi connectivity index (χ2v) is 5.90. The van der Waals surface area contributed by atoms with E-state index >= 15 is 0 Å².